The zero-order valence-corrected chi connectivity index (χ0v) is 13.1. The van der Waals surface area contributed by atoms with Gasteiger partial charge >= 0.3 is 5.97 Å². The van der Waals surface area contributed by atoms with E-state index in [-0.39, 0.29) is 0 Å². The monoisotopic (exact) mass is 371 g/mol. The summed E-state index contributed by atoms with van der Waals surface area (Å²) < 4.78 is 0.586. The van der Waals surface area contributed by atoms with E-state index >= 15 is 0 Å². The molecule has 2 aromatic rings. The lowest BCUT2D eigenvalue weighted by Gasteiger charge is -2.10. The van der Waals surface area contributed by atoms with Crippen molar-refractivity contribution in [1.82, 2.24) is 5.32 Å². The number of amides is 1. The summed E-state index contributed by atoms with van der Waals surface area (Å²) >= 11 is 4.05. The number of carboxylic acid groups (broad SMARTS) is 1. The average molecular weight is 372 g/mol. The van der Waals surface area contributed by atoms with Gasteiger partial charge in [0.25, 0.3) is 5.91 Å². The van der Waals surface area contributed by atoms with Crippen LogP contribution in [0.2, 0.25) is 0 Å². The van der Waals surface area contributed by atoms with Crippen LogP contribution in [0.25, 0.3) is 10.1 Å². The van der Waals surface area contributed by atoms with Crippen molar-refractivity contribution in [1.29, 1.82) is 0 Å². The Morgan fingerprint density at radius 1 is 1.38 bits per heavy atom. The lowest BCUT2D eigenvalue weighted by Crippen LogP contribution is -2.39. The van der Waals surface area contributed by atoms with Crippen LogP contribution >= 0.6 is 27.3 Å². The highest BCUT2D eigenvalue weighted by Crippen LogP contribution is 2.31. The van der Waals surface area contributed by atoms with Crippen molar-refractivity contribution in [2.45, 2.75) is 13.0 Å². The molecule has 2 rings (SSSR count). The Hall–Kier alpha value is -1.93. The molecule has 0 unspecified atom stereocenters. The minimum atomic E-state index is -1.23. The number of fused-ring (bicyclic) bond motifs is 1. The van der Waals surface area contributed by atoms with Crippen molar-refractivity contribution in [3.8, 4) is 5.75 Å². The SMILES string of the molecule is C[C@H](NC(=O)c1c(O)c2cc(Br)ccc2sc1=O)C(=O)O. The van der Waals surface area contributed by atoms with Gasteiger partial charge in [-0.25, -0.2) is 0 Å². The van der Waals surface area contributed by atoms with Gasteiger partial charge in [-0.05, 0) is 25.1 Å². The molecule has 1 aromatic heterocycles. The van der Waals surface area contributed by atoms with Gasteiger partial charge in [0.05, 0.1) is 0 Å². The van der Waals surface area contributed by atoms with Gasteiger partial charge in [0.1, 0.15) is 17.4 Å². The second-order valence-electron chi connectivity index (χ2n) is 4.29. The summed E-state index contributed by atoms with van der Waals surface area (Å²) in [6, 6.07) is 3.77. The summed E-state index contributed by atoms with van der Waals surface area (Å²) in [4.78, 5) is 34.7. The van der Waals surface area contributed by atoms with Crippen molar-refractivity contribution < 1.29 is 19.8 Å². The first-order chi connectivity index (χ1) is 9.81. The number of hydrogen-bond donors (Lipinski definition) is 3. The molecule has 6 nitrogen and oxygen atoms in total. The second-order valence-corrected chi connectivity index (χ2v) is 6.22. The molecule has 0 bridgehead atoms. The van der Waals surface area contributed by atoms with Crippen molar-refractivity contribution >= 4 is 49.2 Å². The van der Waals surface area contributed by atoms with Crippen molar-refractivity contribution in [3.05, 3.63) is 37.8 Å². The standard InChI is InChI=1S/C13H10BrNO5S/c1-5(12(18)19)15-11(17)9-10(16)7-4-6(14)2-3-8(7)21-13(9)20/h2-5,16H,1H3,(H,15,17)(H,18,19)/t5-/m0/s1. The van der Waals surface area contributed by atoms with Gasteiger partial charge in [-0.3, -0.25) is 14.4 Å². The lowest BCUT2D eigenvalue weighted by molar-refractivity contribution is -0.138. The van der Waals surface area contributed by atoms with Crippen LogP contribution in [0.1, 0.15) is 17.3 Å². The number of carbonyl (C=O) groups is 2. The van der Waals surface area contributed by atoms with E-state index in [4.69, 9.17) is 5.11 Å². The van der Waals surface area contributed by atoms with E-state index < -0.39 is 34.0 Å². The van der Waals surface area contributed by atoms with Gasteiger partial charge < -0.3 is 15.5 Å². The zero-order chi connectivity index (χ0) is 15.7. The lowest BCUT2D eigenvalue weighted by atomic mass is 10.1. The first kappa shape index (κ1) is 15.5. The van der Waals surface area contributed by atoms with Gasteiger partial charge in [0.15, 0.2) is 0 Å². The maximum Gasteiger partial charge on any atom is 0.325 e. The minimum absolute atomic E-state index is 0.349. The highest BCUT2D eigenvalue weighted by atomic mass is 79.9. The molecule has 1 amide bonds. The molecule has 0 aliphatic heterocycles. The Bertz CT molecular complexity index is 801. The van der Waals surface area contributed by atoms with Gasteiger partial charge in [-0.1, -0.05) is 27.3 Å². The summed E-state index contributed by atoms with van der Waals surface area (Å²) in [5, 5.41) is 21.4. The summed E-state index contributed by atoms with van der Waals surface area (Å²) in [5.74, 6) is -2.60. The van der Waals surface area contributed by atoms with Crippen LogP contribution in [0, 0.1) is 0 Å². The fourth-order valence-electron chi connectivity index (χ4n) is 1.69. The van der Waals surface area contributed by atoms with Crippen LogP contribution in [0.3, 0.4) is 0 Å². The van der Waals surface area contributed by atoms with Crippen molar-refractivity contribution in [2.75, 3.05) is 0 Å². The number of carbonyl (C=O) groups excluding carboxylic acids is 1. The quantitative estimate of drug-likeness (QED) is 0.764. The van der Waals surface area contributed by atoms with E-state index in [9.17, 15) is 19.5 Å². The number of hydrogen-bond acceptors (Lipinski definition) is 5. The average Bonchev–Trinajstić information content (AvgIpc) is 2.39. The highest BCUT2D eigenvalue weighted by molar-refractivity contribution is 9.10. The van der Waals surface area contributed by atoms with Crippen molar-refractivity contribution in [2.24, 2.45) is 0 Å². The number of aliphatic carboxylic acids is 1. The van der Waals surface area contributed by atoms with Crippen LogP contribution < -0.4 is 10.1 Å². The fraction of sp³-hybridized carbons (Fsp3) is 0.154. The molecule has 0 aliphatic carbocycles. The van der Waals surface area contributed by atoms with Crippen LogP contribution in [-0.2, 0) is 4.79 Å². The Morgan fingerprint density at radius 3 is 2.67 bits per heavy atom. The predicted molar refractivity (Wildman–Crippen MR) is 82.0 cm³/mol. The predicted octanol–water partition coefficient (Wildman–Crippen LogP) is 1.93. The maximum absolute atomic E-state index is 12.0. The Morgan fingerprint density at radius 2 is 2.05 bits per heavy atom. The van der Waals surface area contributed by atoms with Gasteiger partial charge in [-0.15, -0.1) is 0 Å². The third kappa shape index (κ3) is 3.06. The first-order valence-corrected chi connectivity index (χ1v) is 7.41. The van der Waals surface area contributed by atoms with E-state index in [0.717, 1.165) is 11.3 Å². The summed E-state index contributed by atoms with van der Waals surface area (Å²) in [7, 11) is 0. The van der Waals surface area contributed by atoms with Gasteiger partial charge in [-0.2, -0.15) is 0 Å². The number of nitrogens with one attached hydrogen (secondary N) is 1. The molecule has 0 aliphatic rings. The van der Waals surface area contributed by atoms with E-state index in [1.54, 1.807) is 18.2 Å². The smallest absolute Gasteiger partial charge is 0.325 e. The van der Waals surface area contributed by atoms with E-state index in [1.165, 1.54) is 6.92 Å². The summed E-state index contributed by atoms with van der Waals surface area (Å²) in [6.07, 6.45) is 0. The normalized spacial score (nSPS) is 12.1. The Balaban J connectivity index is 2.56. The second kappa shape index (κ2) is 5.82. The number of aromatic hydroxyl groups is 1. The molecule has 110 valence electrons. The number of rotatable bonds is 3. The molecule has 0 saturated carbocycles. The van der Waals surface area contributed by atoms with Crippen LogP contribution in [0.5, 0.6) is 5.75 Å². The third-order valence-electron chi connectivity index (χ3n) is 2.79. The van der Waals surface area contributed by atoms with E-state index in [1.807, 2.05) is 0 Å². The number of benzene rings is 1. The highest BCUT2D eigenvalue weighted by Gasteiger charge is 2.22. The molecule has 8 heteroatoms. The number of halogens is 1. The molecule has 0 spiro atoms. The molecule has 1 aromatic carbocycles. The molecule has 1 atom stereocenters. The molecular weight excluding hydrogens is 362 g/mol. The summed E-state index contributed by atoms with van der Waals surface area (Å²) in [5.41, 5.74) is -0.446. The van der Waals surface area contributed by atoms with Crippen LogP contribution in [0.15, 0.2) is 27.5 Å². The Labute approximate surface area is 131 Å². The molecule has 3 N–H and O–H groups in total. The summed E-state index contributed by atoms with van der Waals surface area (Å²) in [6.45, 7) is 1.27. The molecular formula is C13H10BrNO5S. The van der Waals surface area contributed by atoms with Crippen LogP contribution in [0.4, 0.5) is 0 Å². The molecule has 0 saturated heterocycles. The topological polar surface area (TPSA) is 104 Å². The Kier molecular flexibility index (Phi) is 4.29. The fourth-order valence-corrected chi connectivity index (χ4v) is 2.94. The van der Waals surface area contributed by atoms with E-state index in [0.29, 0.717) is 14.6 Å². The third-order valence-corrected chi connectivity index (χ3v) is 4.24. The molecule has 0 radical (unpaired) electrons. The zero-order valence-electron chi connectivity index (χ0n) is 10.7. The van der Waals surface area contributed by atoms with Gasteiger partial charge in [0.2, 0.25) is 4.74 Å². The first-order valence-electron chi connectivity index (χ1n) is 5.80. The number of carboxylic acids is 1. The van der Waals surface area contributed by atoms with Crippen LogP contribution in [-0.4, -0.2) is 28.1 Å². The minimum Gasteiger partial charge on any atom is -0.506 e. The molecule has 0 fully saturated rings. The van der Waals surface area contributed by atoms with E-state index in [2.05, 4.69) is 21.2 Å². The largest absolute Gasteiger partial charge is 0.506 e. The van der Waals surface area contributed by atoms with Gasteiger partial charge in [0, 0.05) is 14.6 Å². The molecule has 21 heavy (non-hydrogen) atoms. The maximum atomic E-state index is 12.0. The molecule has 1 heterocycles. The van der Waals surface area contributed by atoms with Crippen molar-refractivity contribution in [3.63, 3.8) is 0 Å².